The third-order valence-electron chi connectivity index (χ3n) is 0.717. The zero-order chi connectivity index (χ0) is 9.28. The summed E-state index contributed by atoms with van der Waals surface area (Å²) in [7, 11) is 0. The third-order valence-corrected chi connectivity index (χ3v) is 0.717. The van der Waals surface area contributed by atoms with Crippen molar-refractivity contribution in [3.63, 3.8) is 0 Å². The van der Waals surface area contributed by atoms with Crippen molar-refractivity contribution in [2.45, 2.75) is 13.8 Å². The fraction of sp³-hybridized carbons (Fsp3) is 0.833. The lowest BCUT2D eigenvalue weighted by atomic mass is 10.2. The number of rotatable bonds is 2. The molecule has 0 radical (unpaired) electrons. The molecule has 0 saturated heterocycles. The molecule has 0 aromatic carbocycles. The molecule has 0 saturated carbocycles. The number of nitrogens with two attached hydrogens (primary N) is 2. The molecular weight excluding hydrogens is 148 g/mol. The number of aliphatic hydroxyl groups excluding tert-OH is 1. The molecule has 5 heteroatoms. The first-order valence-corrected chi connectivity index (χ1v) is 3.31. The Balaban J connectivity index is 0. The summed E-state index contributed by atoms with van der Waals surface area (Å²) in [5, 5.41) is 7.75. The molecule has 0 spiro atoms. The third kappa shape index (κ3) is 12.5. The molecule has 11 heavy (non-hydrogen) atoms. The van der Waals surface area contributed by atoms with Gasteiger partial charge in [-0.3, -0.25) is 4.79 Å². The highest BCUT2D eigenvalue weighted by Crippen LogP contribution is 1.90. The molecule has 0 atom stereocenters. The molecule has 5 N–H and O–H groups in total. The maximum absolute atomic E-state index is 10.2. The molecule has 0 heterocycles. The Hall–Kier alpha value is -0.650. The quantitative estimate of drug-likeness (QED) is 0.454. The van der Waals surface area contributed by atoms with Crippen molar-refractivity contribution >= 4 is 5.97 Å². The van der Waals surface area contributed by atoms with E-state index in [0.29, 0.717) is 6.54 Å². The van der Waals surface area contributed by atoms with Gasteiger partial charge < -0.3 is 15.7 Å². The van der Waals surface area contributed by atoms with Gasteiger partial charge in [0.15, 0.2) is 0 Å². The van der Waals surface area contributed by atoms with Crippen LogP contribution in [-0.2, 0) is 9.63 Å². The average molecular weight is 164 g/mol. The van der Waals surface area contributed by atoms with Gasteiger partial charge in [0.2, 0.25) is 0 Å². The summed E-state index contributed by atoms with van der Waals surface area (Å²) >= 11 is 0. The van der Waals surface area contributed by atoms with Gasteiger partial charge in [-0.15, -0.1) is 0 Å². The predicted octanol–water partition coefficient (Wildman–Crippen LogP) is -1.00. The summed E-state index contributed by atoms with van der Waals surface area (Å²) in [6, 6.07) is 0. The Bertz CT molecular complexity index is 93.8. The summed E-state index contributed by atoms with van der Waals surface area (Å²) in [6.07, 6.45) is 0. The van der Waals surface area contributed by atoms with Crippen molar-refractivity contribution in [2.24, 2.45) is 17.5 Å². The Morgan fingerprint density at radius 3 is 2.00 bits per heavy atom. The van der Waals surface area contributed by atoms with E-state index in [1.54, 1.807) is 13.8 Å². The molecule has 0 unspecified atom stereocenters. The highest BCUT2D eigenvalue weighted by molar-refractivity contribution is 5.70. The Labute approximate surface area is 66.3 Å². The Morgan fingerprint density at radius 2 is 2.00 bits per heavy atom. The Morgan fingerprint density at radius 1 is 1.64 bits per heavy atom. The van der Waals surface area contributed by atoms with Gasteiger partial charge in [0.1, 0.15) is 0 Å². The zero-order valence-corrected chi connectivity index (χ0v) is 6.91. The summed E-state index contributed by atoms with van der Waals surface area (Å²) in [5.41, 5.74) is 4.78. The molecule has 0 aliphatic carbocycles. The van der Waals surface area contributed by atoms with Gasteiger partial charge in [-0.2, -0.15) is 5.90 Å². The van der Waals surface area contributed by atoms with Gasteiger partial charge in [0, 0.05) is 6.54 Å². The molecule has 5 nitrogen and oxygen atoms in total. The van der Waals surface area contributed by atoms with Gasteiger partial charge in [-0.1, -0.05) is 13.8 Å². The van der Waals surface area contributed by atoms with Crippen molar-refractivity contribution < 1.29 is 14.7 Å². The van der Waals surface area contributed by atoms with E-state index >= 15 is 0 Å². The second-order valence-corrected chi connectivity index (χ2v) is 2.10. The standard InChI is InChI=1S/C4H9NO2.C2H7NO/c1-3(2)4(6)7-5;3-1-2-4/h3H,5H2,1-2H3;4H,1-3H2. The first kappa shape index (κ1) is 13.0. The van der Waals surface area contributed by atoms with E-state index in [-0.39, 0.29) is 18.5 Å². The molecule has 0 aromatic rings. The zero-order valence-electron chi connectivity index (χ0n) is 6.91. The lowest BCUT2D eigenvalue weighted by molar-refractivity contribution is -0.147. The largest absolute Gasteiger partial charge is 0.395 e. The topological polar surface area (TPSA) is 98.6 Å². The highest BCUT2D eigenvalue weighted by atomic mass is 16.7. The molecule has 0 amide bonds. The van der Waals surface area contributed by atoms with E-state index in [0.717, 1.165) is 0 Å². The van der Waals surface area contributed by atoms with E-state index in [1.165, 1.54) is 0 Å². The van der Waals surface area contributed by atoms with Crippen molar-refractivity contribution in [1.82, 2.24) is 0 Å². The first-order valence-electron chi connectivity index (χ1n) is 3.31. The van der Waals surface area contributed by atoms with Gasteiger partial charge >= 0.3 is 5.97 Å². The van der Waals surface area contributed by atoms with Crippen LogP contribution in [0.15, 0.2) is 0 Å². The maximum Gasteiger partial charge on any atom is 0.326 e. The predicted molar refractivity (Wildman–Crippen MR) is 41.3 cm³/mol. The summed E-state index contributed by atoms with van der Waals surface area (Å²) in [5.74, 6) is 4.03. The van der Waals surface area contributed by atoms with Crippen LogP contribution in [0.1, 0.15) is 13.8 Å². The molecule has 0 aliphatic rings. The van der Waals surface area contributed by atoms with Crippen LogP contribution >= 0.6 is 0 Å². The van der Waals surface area contributed by atoms with Crippen molar-refractivity contribution in [3.8, 4) is 0 Å². The number of carbonyl (C=O) groups excluding carboxylic acids is 1. The van der Waals surface area contributed by atoms with E-state index in [9.17, 15) is 4.79 Å². The summed E-state index contributed by atoms with van der Waals surface area (Å²) in [6.45, 7) is 3.91. The minimum atomic E-state index is -0.375. The maximum atomic E-state index is 10.2. The Kier molecular flexibility index (Phi) is 11.0. The lowest BCUT2D eigenvalue weighted by Crippen LogP contribution is -2.15. The van der Waals surface area contributed by atoms with Crippen LogP contribution in [0.25, 0.3) is 0 Å². The smallest absolute Gasteiger partial charge is 0.326 e. The molecule has 0 aliphatic heterocycles. The molecule has 0 bridgehead atoms. The van der Waals surface area contributed by atoms with Crippen LogP contribution in [0.3, 0.4) is 0 Å². The second-order valence-electron chi connectivity index (χ2n) is 2.10. The van der Waals surface area contributed by atoms with E-state index in [1.807, 2.05) is 0 Å². The summed E-state index contributed by atoms with van der Waals surface area (Å²) < 4.78 is 0. The van der Waals surface area contributed by atoms with E-state index < -0.39 is 0 Å². The van der Waals surface area contributed by atoms with Gasteiger partial charge in [-0.05, 0) is 0 Å². The lowest BCUT2D eigenvalue weighted by Gasteiger charge is -1.96. The SMILES string of the molecule is CC(C)C(=O)ON.NCCO. The van der Waals surface area contributed by atoms with Crippen molar-refractivity contribution in [2.75, 3.05) is 13.2 Å². The molecule has 0 fully saturated rings. The van der Waals surface area contributed by atoms with E-state index in [2.05, 4.69) is 10.7 Å². The van der Waals surface area contributed by atoms with Crippen LogP contribution in [0, 0.1) is 5.92 Å². The fourth-order valence-electron chi connectivity index (χ4n) is 0.136. The number of aliphatic hydroxyl groups is 1. The molecule has 0 rings (SSSR count). The van der Waals surface area contributed by atoms with Crippen LogP contribution in [-0.4, -0.2) is 24.2 Å². The van der Waals surface area contributed by atoms with Crippen LogP contribution in [0.5, 0.6) is 0 Å². The minimum Gasteiger partial charge on any atom is -0.395 e. The molecular formula is C6H16N2O3. The number of hydrogen-bond acceptors (Lipinski definition) is 5. The van der Waals surface area contributed by atoms with Crippen LogP contribution in [0.2, 0.25) is 0 Å². The van der Waals surface area contributed by atoms with Gasteiger partial charge in [-0.25, -0.2) is 0 Å². The summed E-state index contributed by atoms with van der Waals surface area (Å²) in [4.78, 5) is 14.0. The van der Waals surface area contributed by atoms with Gasteiger partial charge in [0.05, 0.1) is 12.5 Å². The molecule has 68 valence electrons. The normalized spacial score (nSPS) is 8.55. The van der Waals surface area contributed by atoms with Crippen LogP contribution < -0.4 is 11.6 Å². The fourth-order valence-corrected chi connectivity index (χ4v) is 0.136. The van der Waals surface area contributed by atoms with E-state index in [4.69, 9.17) is 10.8 Å². The first-order chi connectivity index (χ1) is 5.09. The van der Waals surface area contributed by atoms with Crippen LogP contribution in [0.4, 0.5) is 0 Å². The average Bonchev–Trinajstić information content (AvgIpc) is 2.03. The van der Waals surface area contributed by atoms with Crippen molar-refractivity contribution in [1.29, 1.82) is 0 Å². The highest BCUT2D eigenvalue weighted by Gasteiger charge is 2.04. The molecule has 0 aromatic heterocycles. The number of hydrogen-bond donors (Lipinski definition) is 3. The minimum absolute atomic E-state index is 0.0972. The van der Waals surface area contributed by atoms with Gasteiger partial charge in [0.25, 0.3) is 0 Å². The second kappa shape index (κ2) is 9.35. The monoisotopic (exact) mass is 164 g/mol. The van der Waals surface area contributed by atoms with Crippen molar-refractivity contribution in [3.05, 3.63) is 0 Å². The number of carbonyl (C=O) groups is 1.